The zero-order valence-electron chi connectivity index (χ0n) is 15.2. The fraction of sp³-hybridized carbons (Fsp3) is 0.526. The molecule has 2 atom stereocenters. The maximum atomic E-state index is 13.0. The zero-order chi connectivity index (χ0) is 18.1. The van der Waals surface area contributed by atoms with Gasteiger partial charge in [0, 0.05) is 0 Å². The Kier molecular flexibility index (Phi) is 5.00. The highest BCUT2D eigenvalue weighted by Crippen LogP contribution is 2.41. The third-order valence-electron chi connectivity index (χ3n) is 4.97. The fourth-order valence-electron chi connectivity index (χ4n) is 3.80. The summed E-state index contributed by atoms with van der Waals surface area (Å²) in [5.74, 6) is 1.55. The van der Waals surface area contributed by atoms with Crippen molar-refractivity contribution in [3.05, 3.63) is 35.7 Å². The molecule has 2 aliphatic rings. The summed E-state index contributed by atoms with van der Waals surface area (Å²) in [6.45, 7) is 6.50. The van der Waals surface area contributed by atoms with Gasteiger partial charge in [0.25, 0.3) is 5.91 Å². The second kappa shape index (κ2) is 7.40. The van der Waals surface area contributed by atoms with Crippen molar-refractivity contribution in [2.45, 2.75) is 49.6 Å². The summed E-state index contributed by atoms with van der Waals surface area (Å²) in [5, 5.41) is 4.79. The molecule has 0 spiro atoms. The summed E-state index contributed by atoms with van der Waals surface area (Å²) in [5.41, 5.74) is 1.16. The third kappa shape index (κ3) is 3.25. The van der Waals surface area contributed by atoms with Gasteiger partial charge in [0.05, 0.1) is 12.6 Å². The molecule has 2 unspecified atom stereocenters. The second-order valence-electron chi connectivity index (χ2n) is 6.77. The molecular weight excluding hydrogens is 348 g/mol. The van der Waals surface area contributed by atoms with Gasteiger partial charge >= 0.3 is 0 Å². The van der Waals surface area contributed by atoms with Gasteiger partial charge in [-0.3, -0.25) is 9.69 Å². The average molecular weight is 372 g/mol. The van der Waals surface area contributed by atoms with E-state index >= 15 is 0 Å². The van der Waals surface area contributed by atoms with Crippen LogP contribution in [0.2, 0.25) is 0 Å². The number of aromatic nitrogens is 3. The number of piperidine rings is 1. The smallest absolute Gasteiger partial charge is 0.264 e. The van der Waals surface area contributed by atoms with Crippen molar-refractivity contribution in [2.75, 3.05) is 19.7 Å². The quantitative estimate of drug-likeness (QED) is 0.802. The van der Waals surface area contributed by atoms with Crippen molar-refractivity contribution in [1.29, 1.82) is 0 Å². The van der Waals surface area contributed by atoms with Crippen molar-refractivity contribution >= 4 is 17.7 Å². The van der Waals surface area contributed by atoms with Crippen molar-refractivity contribution in [3.63, 3.8) is 0 Å². The summed E-state index contributed by atoms with van der Waals surface area (Å²) >= 11 is 1.54. The van der Waals surface area contributed by atoms with Crippen LogP contribution in [0.5, 0.6) is 5.75 Å². The monoisotopic (exact) mass is 372 g/mol. The van der Waals surface area contributed by atoms with Crippen LogP contribution in [0.1, 0.15) is 48.4 Å². The van der Waals surface area contributed by atoms with Gasteiger partial charge in [-0.2, -0.15) is 4.68 Å². The van der Waals surface area contributed by atoms with Crippen LogP contribution in [0.3, 0.4) is 0 Å². The molecule has 0 radical (unpaired) electrons. The SMILES string of the molecule is CCOc1ccc(C(C2Sc3nc(C)nn3C2=O)N2CCCCC2)cc1. The van der Waals surface area contributed by atoms with E-state index in [0.29, 0.717) is 17.6 Å². The molecule has 0 aliphatic carbocycles. The molecule has 0 N–H and O–H groups in total. The topological polar surface area (TPSA) is 60.3 Å². The van der Waals surface area contributed by atoms with E-state index in [2.05, 4.69) is 27.1 Å². The van der Waals surface area contributed by atoms with E-state index < -0.39 is 0 Å². The van der Waals surface area contributed by atoms with Crippen molar-refractivity contribution in [3.8, 4) is 5.75 Å². The van der Waals surface area contributed by atoms with E-state index in [4.69, 9.17) is 4.74 Å². The van der Waals surface area contributed by atoms with Crippen LogP contribution in [0.15, 0.2) is 29.4 Å². The van der Waals surface area contributed by atoms with Gasteiger partial charge in [0.2, 0.25) is 0 Å². The summed E-state index contributed by atoms with van der Waals surface area (Å²) in [6.07, 6.45) is 3.63. The molecule has 0 bridgehead atoms. The van der Waals surface area contributed by atoms with E-state index in [-0.39, 0.29) is 17.2 Å². The lowest BCUT2D eigenvalue weighted by molar-refractivity contribution is 0.0818. The number of fused-ring (bicyclic) bond motifs is 1. The lowest BCUT2D eigenvalue weighted by Gasteiger charge is -2.37. The van der Waals surface area contributed by atoms with Gasteiger partial charge < -0.3 is 4.74 Å². The molecule has 6 nitrogen and oxygen atoms in total. The van der Waals surface area contributed by atoms with Gasteiger partial charge in [-0.25, -0.2) is 4.98 Å². The lowest BCUT2D eigenvalue weighted by atomic mass is 9.98. The molecule has 1 saturated heterocycles. The molecule has 3 heterocycles. The van der Waals surface area contributed by atoms with Gasteiger partial charge in [-0.1, -0.05) is 30.3 Å². The molecule has 138 valence electrons. The predicted molar refractivity (Wildman–Crippen MR) is 101 cm³/mol. The van der Waals surface area contributed by atoms with Crippen molar-refractivity contribution in [1.82, 2.24) is 19.7 Å². The van der Waals surface area contributed by atoms with E-state index in [1.54, 1.807) is 11.8 Å². The second-order valence-corrected chi connectivity index (χ2v) is 7.88. The van der Waals surface area contributed by atoms with Crippen LogP contribution >= 0.6 is 11.8 Å². The minimum Gasteiger partial charge on any atom is -0.494 e. The Balaban J connectivity index is 1.65. The minimum atomic E-state index is -0.207. The van der Waals surface area contributed by atoms with E-state index in [1.165, 1.54) is 23.9 Å². The Hall–Kier alpha value is -1.86. The Bertz CT molecular complexity index is 783. The number of hydrogen-bond acceptors (Lipinski definition) is 6. The highest BCUT2D eigenvalue weighted by atomic mass is 32.2. The normalized spacial score (nSPS) is 21.6. The molecule has 0 amide bonds. The largest absolute Gasteiger partial charge is 0.494 e. The molecule has 4 rings (SSSR count). The molecule has 26 heavy (non-hydrogen) atoms. The first-order valence-corrected chi connectivity index (χ1v) is 10.2. The van der Waals surface area contributed by atoms with Crippen molar-refractivity contribution < 1.29 is 9.53 Å². The third-order valence-corrected chi connectivity index (χ3v) is 6.16. The first kappa shape index (κ1) is 17.5. The fourth-order valence-corrected chi connectivity index (χ4v) is 5.10. The molecular formula is C19H24N4O2S. The van der Waals surface area contributed by atoms with Gasteiger partial charge in [0.15, 0.2) is 5.16 Å². The Morgan fingerprint density at radius 1 is 1.23 bits per heavy atom. The van der Waals surface area contributed by atoms with E-state index in [9.17, 15) is 4.79 Å². The van der Waals surface area contributed by atoms with Crippen LogP contribution in [0.4, 0.5) is 0 Å². The van der Waals surface area contributed by atoms with Crippen LogP contribution in [-0.4, -0.2) is 50.5 Å². The molecule has 1 aromatic carbocycles. The average Bonchev–Trinajstić information content (AvgIpc) is 3.16. The molecule has 1 fully saturated rings. The predicted octanol–water partition coefficient (Wildman–Crippen LogP) is 3.33. The van der Waals surface area contributed by atoms with Gasteiger partial charge in [0.1, 0.15) is 16.8 Å². The zero-order valence-corrected chi connectivity index (χ0v) is 16.0. The number of ether oxygens (including phenoxy) is 1. The number of nitrogens with zero attached hydrogens (tertiary/aromatic N) is 4. The van der Waals surface area contributed by atoms with Gasteiger partial charge in [-0.05, 0) is 57.5 Å². The number of aryl methyl sites for hydroxylation is 1. The Morgan fingerprint density at radius 3 is 2.62 bits per heavy atom. The van der Waals surface area contributed by atoms with Crippen molar-refractivity contribution in [2.24, 2.45) is 0 Å². The van der Waals surface area contributed by atoms with Crippen LogP contribution in [0, 0.1) is 6.92 Å². The number of rotatable bonds is 5. The van der Waals surface area contributed by atoms with Crippen LogP contribution in [0.25, 0.3) is 0 Å². The first-order chi connectivity index (χ1) is 12.7. The Morgan fingerprint density at radius 2 is 1.96 bits per heavy atom. The highest BCUT2D eigenvalue weighted by Gasteiger charge is 2.43. The highest BCUT2D eigenvalue weighted by molar-refractivity contribution is 8.00. The number of hydrogen-bond donors (Lipinski definition) is 0. The standard InChI is InChI=1S/C19H24N4O2S/c1-3-25-15-9-7-14(8-10-15)16(22-11-5-4-6-12-22)17-18(24)23-19(26-17)20-13(2)21-23/h7-10,16-17H,3-6,11-12H2,1-2H3. The molecule has 2 aromatic rings. The lowest BCUT2D eigenvalue weighted by Crippen LogP contribution is -2.41. The molecule has 2 aliphatic heterocycles. The summed E-state index contributed by atoms with van der Waals surface area (Å²) in [4.78, 5) is 19.9. The minimum absolute atomic E-state index is 0.0345. The van der Waals surface area contributed by atoms with E-state index in [1.807, 2.05) is 26.0 Å². The van der Waals surface area contributed by atoms with Crippen LogP contribution < -0.4 is 4.74 Å². The van der Waals surface area contributed by atoms with E-state index in [0.717, 1.165) is 24.4 Å². The number of likely N-dealkylation sites (tertiary alicyclic amines) is 1. The number of carbonyl (C=O) groups excluding carboxylic acids is 1. The maximum absolute atomic E-state index is 13.0. The molecule has 1 aromatic heterocycles. The van der Waals surface area contributed by atoms with Gasteiger partial charge in [-0.15, -0.1) is 5.10 Å². The molecule has 7 heteroatoms. The number of thioether (sulfide) groups is 1. The first-order valence-electron chi connectivity index (χ1n) is 9.28. The number of benzene rings is 1. The Labute approximate surface area is 157 Å². The summed E-state index contributed by atoms with van der Waals surface area (Å²) in [6, 6.07) is 8.23. The summed E-state index contributed by atoms with van der Waals surface area (Å²) in [7, 11) is 0. The molecule has 0 saturated carbocycles. The number of carbonyl (C=O) groups is 1. The maximum Gasteiger partial charge on any atom is 0.264 e. The summed E-state index contributed by atoms with van der Waals surface area (Å²) < 4.78 is 7.06. The van der Waals surface area contributed by atoms with Crippen LogP contribution in [-0.2, 0) is 0 Å².